The Morgan fingerprint density at radius 2 is 2.05 bits per heavy atom. The van der Waals surface area contributed by atoms with Gasteiger partial charge in [0.2, 0.25) is 0 Å². The molecule has 0 spiro atoms. The Morgan fingerprint density at radius 1 is 1.19 bits per heavy atom. The predicted molar refractivity (Wildman–Crippen MR) is 86.7 cm³/mol. The van der Waals surface area contributed by atoms with Gasteiger partial charge in [0, 0.05) is 34.9 Å². The summed E-state index contributed by atoms with van der Waals surface area (Å²) in [5, 5.41) is 6.84. The number of benzene rings is 1. The van der Waals surface area contributed by atoms with Crippen LogP contribution in [-0.4, -0.2) is 21.3 Å². The Balaban J connectivity index is 2.18. The van der Waals surface area contributed by atoms with Gasteiger partial charge in [-0.25, -0.2) is 0 Å². The molecule has 108 valence electrons. The van der Waals surface area contributed by atoms with Crippen molar-refractivity contribution in [1.82, 2.24) is 14.8 Å². The van der Waals surface area contributed by atoms with Gasteiger partial charge >= 0.3 is 0 Å². The van der Waals surface area contributed by atoms with E-state index in [9.17, 15) is 0 Å². The summed E-state index contributed by atoms with van der Waals surface area (Å²) in [6.07, 6.45) is 4.44. The Labute approximate surface area is 132 Å². The van der Waals surface area contributed by atoms with Crippen molar-refractivity contribution >= 4 is 34.1 Å². The molecule has 6 heteroatoms. The molecule has 0 atom stereocenters. The summed E-state index contributed by atoms with van der Waals surface area (Å²) >= 11 is 12.3. The third kappa shape index (κ3) is 2.75. The van der Waals surface area contributed by atoms with Crippen LogP contribution in [0.2, 0.25) is 10.0 Å². The number of hydrogen-bond donors (Lipinski definition) is 1. The SMILES string of the molecule is NCCCn1nc(-c2ccc(Cl)cc2Cl)c2cnccc21. The van der Waals surface area contributed by atoms with E-state index < -0.39 is 0 Å². The normalized spacial score (nSPS) is 11.2. The molecule has 3 rings (SSSR count). The second-order valence-electron chi connectivity index (χ2n) is 4.73. The van der Waals surface area contributed by atoms with Crippen LogP contribution in [0.1, 0.15) is 6.42 Å². The molecule has 2 N–H and O–H groups in total. The van der Waals surface area contributed by atoms with Crippen LogP contribution in [0.15, 0.2) is 36.7 Å². The maximum absolute atomic E-state index is 6.30. The number of nitrogens with zero attached hydrogens (tertiary/aromatic N) is 3. The third-order valence-electron chi connectivity index (χ3n) is 3.31. The summed E-state index contributed by atoms with van der Waals surface area (Å²) in [6, 6.07) is 7.36. The fraction of sp³-hybridized carbons (Fsp3) is 0.200. The first-order valence-electron chi connectivity index (χ1n) is 6.66. The van der Waals surface area contributed by atoms with E-state index in [1.165, 1.54) is 0 Å². The average Bonchev–Trinajstić information content (AvgIpc) is 2.84. The van der Waals surface area contributed by atoms with Crippen LogP contribution < -0.4 is 5.73 Å². The zero-order valence-electron chi connectivity index (χ0n) is 11.3. The van der Waals surface area contributed by atoms with Crippen LogP contribution in [0.3, 0.4) is 0 Å². The van der Waals surface area contributed by atoms with E-state index in [4.69, 9.17) is 28.9 Å². The minimum atomic E-state index is 0.580. The maximum atomic E-state index is 6.30. The van der Waals surface area contributed by atoms with Gasteiger partial charge in [-0.1, -0.05) is 23.2 Å². The van der Waals surface area contributed by atoms with Gasteiger partial charge in [0.25, 0.3) is 0 Å². The molecule has 1 aromatic carbocycles. The van der Waals surface area contributed by atoms with Crippen LogP contribution in [0.25, 0.3) is 22.2 Å². The monoisotopic (exact) mass is 320 g/mol. The molecule has 0 bridgehead atoms. The molecule has 21 heavy (non-hydrogen) atoms. The number of halogens is 2. The van der Waals surface area contributed by atoms with Crippen LogP contribution in [0.4, 0.5) is 0 Å². The zero-order chi connectivity index (χ0) is 14.8. The molecule has 2 heterocycles. The number of nitrogens with two attached hydrogens (primary N) is 1. The highest BCUT2D eigenvalue weighted by molar-refractivity contribution is 6.36. The van der Waals surface area contributed by atoms with Crippen molar-refractivity contribution < 1.29 is 0 Å². The molecule has 2 aromatic heterocycles. The second kappa shape index (κ2) is 6.02. The molecule has 0 fully saturated rings. The summed E-state index contributed by atoms with van der Waals surface area (Å²) in [5.41, 5.74) is 8.29. The molecule has 0 radical (unpaired) electrons. The number of fused-ring (bicyclic) bond motifs is 1. The molecule has 0 saturated heterocycles. The molecule has 0 aliphatic rings. The smallest absolute Gasteiger partial charge is 0.103 e. The number of aryl methyl sites for hydroxylation is 1. The standard InChI is InChI=1S/C15H14Cl2N4/c16-10-2-3-11(13(17)8-10)15-12-9-19-6-4-14(12)21(20-15)7-1-5-18/h2-4,6,8-9H,1,5,7,18H2. The Hall–Kier alpha value is -1.62. The third-order valence-corrected chi connectivity index (χ3v) is 3.86. The topological polar surface area (TPSA) is 56.7 Å². The number of pyridine rings is 1. The van der Waals surface area contributed by atoms with Crippen molar-refractivity contribution in [3.8, 4) is 11.3 Å². The first-order valence-corrected chi connectivity index (χ1v) is 7.42. The van der Waals surface area contributed by atoms with Gasteiger partial charge in [-0.15, -0.1) is 0 Å². The van der Waals surface area contributed by atoms with Gasteiger partial charge in [-0.2, -0.15) is 5.10 Å². The van der Waals surface area contributed by atoms with Crippen molar-refractivity contribution in [2.24, 2.45) is 5.73 Å². The molecule has 0 aliphatic heterocycles. The lowest BCUT2D eigenvalue weighted by molar-refractivity contribution is 0.604. The Bertz CT molecular complexity index is 782. The molecular weight excluding hydrogens is 307 g/mol. The Morgan fingerprint density at radius 3 is 2.81 bits per heavy atom. The van der Waals surface area contributed by atoms with Crippen LogP contribution in [-0.2, 0) is 6.54 Å². The molecule has 0 saturated carbocycles. The van der Waals surface area contributed by atoms with Crippen LogP contribution >= 0.6 is 23.2 Å². The molecular formula is C15H14Cl2N4. The van der Waals surface area contributed by atoms with Crippen molar-refractivity contribution in [1.29, 1.82) is 0 Å². The highest BCUT2D eigenvalue weighted by atomic mass is 35.5. The van der Waals surface area contributed by atoms with Crippen LogP contribution in [0, 0.1) is 0 Å². The summed E-state index contributed by atoms with van der Waals surface area (Å²) in [7, 11) is 0. The maximum Gasteiger partial charge on any atom is 0.103 e. The number of hydrogen-bond acceptors (Lipinski definition) is 3. The predicted octanol–water partition coefficient (Wildman–Crippen LogP) is 3.75. The fourth-order valence-corrected chi connectivity index (χ4v) is 2.81. The van der Waals surface area contributed by atoms with E-state index in [1.807, 2.05) is 29.1 Å². The lowest BCUT2D eigenvalue weighted by atomic mass is 10.1. The van der Waals surface area contributed by atoms with Crippen LogP contribution in [0.5, 0.6) is 0 Å². The van der Waals surface area contributed by atoms with E-state index in [0.29, 0.717) is 16.6 Å². The first-order chi connectivity index (χ1) is 10.2. The highest BCUT2D eigenvalue weighted by Gasteiger charge is 2.14. The quantitative estimate of drug-likeness (QED) is 0.796. The summed E-state index contributed by atoms with van der Waals surface area (Å²) in [6.45, 7) is 1.39. The lowest BCUT2D eigenvalue weighted by Gasteiger charge is -2.02. The molecule has 0 unspecified atom stereocenters. The van der Waals surface area contributed by atoms with Gasteiger partial charge in [0.15, 0.2) is 0 Å². The van der Waals surface area contributed by atoms with Crippen molar-refractivity contribution in [2.75, 3.05) is 6.54 Å². The minimum Gasteiger partial charge on any atom is -0.330 e. The van der Waals surface area contributed by atoms with E-state index in [2.05, 4.69) is 10.1 Å². The fourth-order valence-electron chi connectivity index (χ4n) is 2.32. The van der Waals surface area contributed by atoms with E-state index >= 15 is 0 Å². The largest absolute Gasteiger partial charge is 0.330 e. The first kappa shape index (κ1) is 14.3. The molecule has 3 aromatic rings. The van der Waals surface area contributed by atoms with Gasteiger partial charge in [0.1, 0.15) is 5.69 Å². The zero-order valence-corrected chi connectivity index (χ0v) is 12.8. The van der Waals surface area contributed by atoms with Gasteiger partial charge in [-0.3, -0.25) is 9.67 Å². The lowest BCUT2D eigenvalue weighted by Crippen LogP contribution is -2.06. The van der Waals surface area contributed by atoms with Gasteiger partial charge in [0.05, 0.1) is 10.5 Å². The molecule has 0 amide bonds. The van der Waals surface area contributed by atoms with E-state index in [1.54, 1.807) is 12.3 Å². The summed E-state index contributed by atoms with van der Waals surface area (Å²) < 4.78 is 1.95. The summed E-state index contributed by atoms with van der Waals surface area (Å²) in [4.78, 5) is 4.19. The number of rotatable bonds is 4. The van der Waals surface area contributed by atoms with E-state index in [-0.39, 0.29) is 0 Å². The number of aromatic nitrogens is 3. The van der Waals surface area contributed by atoms with Crippen molar-refractivity contribution in [2.45, 2.75) is 13.0 Å². The highest BCUT2D eigenvalue weighted by Crippen LogP contribution is 2.34. The minimum absolute atomic E-state index is 0.580. The summed E-state index contributed by atoms with van der Waals surface area (Å²) in [5.74, 6) is 0. The Kier molecular flexibility index (Phi) is 4.10. The van der Waals surface area contributed by atoms with Crippen molar-refractivity contribution in [3.05, 3.63) is 46.7 Å². The second-order valence-corrected chi connectivity index (χ2v) is 5.57. The molecule has 0 aliphatic carbocycles. The van der Waals surface area contributed by atoms with Gasteiger partial charge in [-0.05, 0) is 37.2 Å². The van der Waals surface area contributed by atoms with E-state index in [0.717, 1.165) is 35.1 Å². The molecule has 4 nitrogen and oxygen atoms in total. The van der Waals surface area contributed by atoms with Crippen molar-refractivity contribution in [3.63, 3.8) is 0 Å². The average molecular weight is 321 g/mol. The van der Waals surface area contributed by atoms with Gasteiger partial charge < -0.3 is 5.73 Å².